The van der Waals surface area contributed by atoms with Crippen LogP contribution >= 0.6 is 23.1 Å². The fourth-order valence-corrected chi connectivity index (χ4v) is 4.85. The van der Waals surface area contributed by atoms with Crippen LogP contribution in [0.25, 0.3) is 10.2 Å². The molecule has 1 amide bonds. The number of nitrogens with two attached hydrogens (primary N) is 1. The summed E-state index contributed by atoms with van der Waals surface area (Å²) in [5.74, 6) is -0.965. The monoisotopic (exact) mass is 465 g/mol. The molecule has 0 unspecified atom stereocenters. The highest BCUT2D eigenvalue weighted by Crippen LogP contribution is 2.22. The molecule has 1 heterocycles. The van der Waals surface area contributed by atoms with Gasteiger partial charge < -0.3 is 9.30 Å². The van der Waals surface area contributed by atoms with Crippen molar-refractivity contribution in [2.75, 3.05) is 12.9 Å². The van der Waals surface area contributed by atoms with Crippen LogP contribution in [0.1, 0.15) is 17.3 Å². The highest BCUT2D eigenvalue weighted by atomic mass is 32.2. The number of rotatable bonds is 6. The van der Waals surface area contributed by atoms with Crippen LogP contribution in [-0.4, -0.2) is 37.7 Å². The summed E-state index contributed by atoms with van der Waals surface area (Å²) in [4.78, 5) is 30.1. The quantitative estimate of drug-likeness (QED) is 0.441. The molecular weight excluding hydrogens is 446 g/mol. The van der Waals surface area contributed by atoms with Crippen LogP contribution in [0, 0.1) is 0 Å². The Labute approximate surface area is 181 Å². The second-order valence-electron chi connectivity index (χ2n) is 6.10. The Morgan fingerprint density at radius 1 is 1.23 bits per heavy atom. The fraction of sp³-hybridized carbons (Fsp3) is 0.211. The van der Waals surface area contributed by atoms with Crippen molar-refractivity contribution in [1.82, 2.24) is 4.57 Å². The zero-order valence-corrected chi connectivity index (χ0v) is 18.6. The number of thiazole rings is 1. The van der Waals surface area contributed by atoms with Crippen molar-refractivity contribution in [2.45, 2.75) is 23.3 Å². The van der Waals surface area contributed by atoms with Gasteiger partial charge in [-0.05, 0) is 49.6 Å². The molecule has 3 rings (SSSR count). The Balaban J connectivity index is 2.16. The van der Waals surface area contributed by atoms with Gasteiger partial charge in [0, 0.05) is 10.5 Å². The molecule has 11 heteroatoms. The summed E-state index contributed by atoms with van der Waals surface area (Å²) in [5, 5.41) is 5.21. The first-order valence-electron chi connectivity index (χ1n) is 8.78. The van der Waals surface area contributed by atoms with E-state index in [1.807, 2.05) is 12.3 Å². The van der Waals surface area contributed by atoms with Gasteiger partial charge in [-0.15, -0.1) is 11.8 Å². The maximum Gasteiger partial charge on any atom is 0.326 e. The number of benzene rings is 2. The van der Waals surface area contributed by atoms with E-state index in [1.165, 1.54) is 34.5 Å². The molecule has 8 nitrogen and oxygen atoms in total. The average molecular weight is 466 g/mol. The number of hydrogen-bond acceptors (Lipinski definition) is 7. The van der Waals surface area contributed by atoms with E-state index in [-0.39, 0.29) is 22.8 Å². The highest BCUT2D eigenvalue weighted by Gasteiger charge is 2.16. The van der Waals surface area contributed by atoms with Gasteiger partial charge in [0.05, 0.1) is 21.7 Å². The summed E-state index contributed by atoms with van der Waals surface area (Å²) >= 11 is 2.59. The summed E-state index contributed by atoms with van der Waals surface area (Å²) in [6.07, 6.45) is 1.91. The molecule has 0 bridgehead atoms. The summed E-state index contributed by atoms with van der Waals surface area (Å²) in [5.41, 5.74) is 0.956. The van der Waals surface area contributed by atoms with Crippen molar-refractivity contribution < 1.29 is 22.7 Å². The molecule has 0 saturated carbocycles. The second-order valence-corrected chi connectivity index (χ2v) is 9.55. The van der Waals surface area contributed by atoms with Crippen LogP contribution < -0.4 is 9.94 Å². The van der Waals surface area contributed by atoms with Crippen molar-refractivity contribution in [3.63, 3.8) is 0 Å². The van der Waals surface area contributed by atoms with E-state index in [0.29, 0.717) is 15.8 Å². The molecule has 2 aromatic carbocycles. The molecule has 0 spiro atoms. The number of esters is 1. The molecule has 2 N–H and O–H groups in total. The molecule has 0 atom stereocenters. The van der Waals surface area contributed by atoms with E-state index in [0.717, 1.165) is 16.2 Å². The number of aromatic nitrogens is 1. The van der Waals surface area contributed by atoms with Gasteiger partial charge in [0.2, 0.25) is 10.0 Å². The third-order valence-electron chi connectivity index (χ3n) is 4.09. The first kappa shape index (κ1) is 22.2. The van der Waals surface area contributed by atoms with Crippen LogP contribution in [0.5, 0.6) is 0 Å². The van der Waals surface area contributed by atoms with E-state index in [1.54, 1.807) is 25.1 Å². The van der Waals surface area contributed by atoms with Gasteiger partial charge in [0.25, 0.3) is 5.91 Å². The predicted molar refractivity (Wildman–Crippen MR) is 116 cm³/mol. The maximum atomic E-state index is 12.7. The minimum atomic E-state index is -3.90. The lowest BCUT2D eigenvalue weighted by molar-refractivity contribution is -0.143. The van der Waals surface area contributed by atoms with E-state index in [9.17, 15) is 18.0 Å². The van der Waals surface area contributed by atoms with Crippen LogP contribution in [0.2, 0.25) is 0 Å². The lowest BCUT2D eigenvalue weighted by Crippen LogP contribution is -2.23. The number of fused-ring (bicyclic) bond motifs is 1. The minimum Gasteiger partial charge on any atom is -0.465 e. The van der Waals surface area contributed by atoms with Crippen molar-refractivity contribution in [1.29, 1.82) is 0 Å². The van der Waals surface area contributed by atoms with Gasteiger partial charge in [-0.2, -0.15) is 4.99 Å². The van der Waals surface area contributed by atoms with Gasteiger partial charge in [-0.1, -0.05) is 17.4 Å². The summed E-state index contributed by atoms with van der Waals surface area (Å²) in [6, 6.07) is 11.3. The first-order valence-corrected chi connectivity index (χ1v) is 12.4. The molecule has 3 aromatic rings. The first-order chi connectivity index (χ1) is 14.2. The van der Waals surface area contributed by atoms with E-state index >= 15 is 0 Å². The summed E-state index contributed by atoms with van der Waals surface area (Å²) in [7, 11) is -3.90. The normalized spacial score (nSPS) is 12.3. The molecule has 0 aliphatic carbocycles. The Bertz CT molecular complexity index is 1290. The zero-order chi connectivity index (χ0) is 21.9. The molecule has 1 aromatic heterocycles. The van der Waals surface area contributed by atoms with E-state index < -0.39 is 21.9 Å². The Hall–Kier alpha value is -2.47. The van der Waals surface area contributed by atoms with Crippen LogP contribution in [-0.2, 0) is 26.1 Å². The van der Waals surface area contributed by atoms with Crippen molar-refractivity contribution >= 4 is 55.2 Å². The Morgan fingerprint density at radius 2 is 2.00 bits per heavy atom. The lowest BCUT2D eigenvalue weighted by Gasteiger charge is -2.05. The van der Waals surface area contributed by atoms with Crippen molar-refractivity contribution in [3.05, 3.63) is 52.8 Å². The number of primary sulfonamides is 1. The van der Waals surface area contributed by atoms with Crippen LogP contribution in [0.3, 0.4) is 0 Å². The zero-order valence-electron chi connectivity index (χ0n) is 16.2. The van der Waals surface area contributed by atoms with Gasteiger partial charge in [-0.3, -0.25) is 9.59 Å². The third kappa shape index (κ3) is 4.98. The Morgan fingerprint density at radius 3 is 2.67 bits per heavy atom. The number of thioether (sulfide) groups is 1. The molecule has 0 aliphatic rings. The fourth-order valence-electron chi connectivity index (χ4n) is 2.71. The summed E-state index contributed by atoms with van der Waals surface area (Å²) < 4.78 is 30.4. The number of nitrogens with zero attached hydrogens (tertiary/aromatic N) is 2. The van der Waals surface area contributed by atoms with Crippen molar-refractivity contribution in [2.24, 2.45) is 10.1 Å². The SMILES string of the molecule is CCOC(=O)Cn1c(=NC(=O)c2cccc(SC)c2)sc2cc(S(N)(=O)=O)ccc21. The standard InChI is InChI=1S/C19H19N3O5S3/c1-3-27-17(23)11-22-15-8-7-14(30(20,25)26)10-16(15)29-19(22)21-18(24)12-5-4-6-13(9-12)28-2/h4-10H,3,11H2,1-2H3,(H2,20,25,26). The maximum absolute atomic E-state index is 12.7. The number of sulfonamides is 1. The second kappa shape index (κ2) is 9.13. The van der Waals surface area contributed by atoms with Gasteiger partial charge >= 0.3 is 5.97 Å². The number of carbonyl (C=O) groups excluding carboxylic acids is 2. The van der Waals surface area contributed by atoms with Gasteiger partial charge in [0.15, 0.2) is 4.80 Å². The van der Waals surface area contributed by atoms with Gasteiger partial charge in [0.1, 0.15) is 6.54 Å². The number of amides is 1. The Kier molecular flexibility index (Phi) is 6.76. The number of hydrogen-bond donors (Lipinski definition) is 1. The average Bonchev–Trinajstić information content (AvgIpc) is 3.03. The third-order valence-corrected chi connectivity index (χ3v) is 6.77. The molecule has 158 valence electrons. The predicted octanol–water partition coefficient (Wildman–Crippen LogP) is 2.38. The van der Waals surface area contributed by atoms with Gasteiger partial charge in [-0.25, -0.2) is 13.6 Å². The summed E-state index contributed by atoms with van der Waals surface area (Å²) in [6.45, 7) is 1.74. The molecule has 0 aliphatic heterocycles. The lowest BCUT2D eigenvalue weighted by atomic mass is 10.2. The topological polar surface area (TPSA) is 121 Å². The molecule has 0 saturated heterocycles. The highest BCUT2D eigenvalue weighted by molar-refractivity contribution is 7.98. The number of ether oxygens (including phenoxy) is 1. The van der Waals surface area contributed by atoms with E-state index in [2.05, 4.69) is 4.99 Å². The molecule has 0 radical (unpaired) electrons. The number of carbonyl (C=O) groups is 2. The largest absolute Gasteiger partial charge is 0.465 e. The smallest absolute Gasteiger partial charge is 0.326 e. The molecule has 0 fully saturated rings. The van der Waals surface area contributed by atoms with Crippen LogP contribution in [0.15, 0.2) is 57.2 Å². The minimum absolute atomic E-state index is 0.0647. The van der Waals surface area contributed by atoms with E-state index in [4.69, 9.17) is 9.88 Å². The molecule has 30 heavy (non-hydrogen) atoms. The molecular formula is C19H19N3O5S3. The van der Waals surface area contributed by atoms with Crippen LogP contribution in [0.4, 0.5) is 0 Å². The van der Waals surface area contributed by atoms with Crippen molar-refractivity contribution in [3.8, 4) is 0 Å².